The molecule has 5 nitrogen and oxygen atoms in total. The summed E-state index contributed by atoms with van der Waals surface area (Å²) < 4.78 is 13.3. The molecule has 0 aliphatic carbocycles. The van der Waals surface area contributed by atoms with Gasteiger partial charge < -0.3 is 10.3 Å². The fourth-order valence-electron chi connectivity index (χ4n) is 3.33. The number of carbonyl (C=O) groups excluding carboxylic acids is 1. The molecule has 1 fully saturated rings. The highest BCUT2D eigenvalue weighted by Crippen LogP contribution is 2.31. The number of aromatic amines is 1. The molecule has 2 heterocycles. The van der Waals surface area contributed by atoms with E-state index >= 15 is 0 Å². The lowest BCUT2D eigenvalue weighted by molar-refractivity contribution is -0.121. The molecule has 3 N–H and O–H groups in total. The van der Waals surface area contributed by atoms with Crippen molar-refractivity contribution in [2.45, 2.75) is 18.9 Å². The van der Waals surface area contributed by atoms with Crippen molar-refractivity contribution in [3.05, 3.63) is 59.9 Å². The molecule has 0 bridgehead atoms. The van der Waals surface area contributed by atoms with Gasteiger partial charge in [0.2, 0.25) is 5.91 Å². The summed E-state index contributed by atoms with van der Waals surface area (Å²) in [5, 5.41) is 4.06. The van der Waals surface area contributed by atoms with Gasteiger partial charge >= 0.3 is 0 Å². The molecule has 6 heteroatoms. The van der Waals surface area contributed by atoms with Crippen LogP contribution in [0.25, 0.3) is 22.2 Å². The summed E-state index contributed by atoms with van der Waals surface area (Å²) in [6.07, 6.45) is 0.982. The maximum atomic E-state index is 13.3. The molecule has 134 valence electrons. The molecule has 0 unspecified atom stereocenters. The van der Waals surface area contributed by atoms with Crippen molar-refractivity contribution < 1.29 is 14.0 Å². The molecule has 4 rings (SSSR count). The van der Waals surface area contributed by atoms with Gasteiger partial charge in [0.1, 0.15) is 5.82 Å². The molecule has 1 aliphatic rings. The first-order valence-electron chi connectivity index (χ1n) is 8.70. The number of fused-ring (bicyclic) bond motifs is 1. The number of rotatable bonds is 5. The second-order valence-electron chi connectivity index (χ2n) is 6.45. The Morgan fingerprint density at radius 1 is 1.19 bits per heavy atom. The second-order valence-corrected chi connectivity index (χ2v) is 6.45. The highest BCUT2D eigenvalue weighted by Gasteiger charge is 2.19. The van der Waals surface area contributed by atoms with E-state index in [0.717, 1.165) is 27.7 Å². The average molecular weight is 353 g/mol. The van der Waals surface area contributed by atoms with Gasteiger partial charge in [0.15, 0.2) is 0 Å². The number of hydrogen-bond donors (Lipinski definition) is 3. The highest BCUT2D eigenvalue weighted by molar-refractivity contribution is 5.91. The first-order chi connectivity index (χ1) is 12.7. The summed E-state index contributed by atoms with van der Waals surface area (Å²) in [7, 11) is 0. The van der Waals surface area contributed by atoms with Crippen LogP contribution in [0.3, 0.4) is 0 Å². The molecule has 3 aromatic rings. The van der Waals surface area contributed by atoms with E-state index < -0.39 is 0 Å². The van der Waals surface area contributed by atoms with Gasteiger partial charge in [-0.15, -0.1) is 0 Å². The average Bonchev–Trinajstić information content (AvgIpc) is 3.28. The lowest BCUT2D eigenvalue weighted by Crippen LogP contribution is -2.38. The smallest absolute Gasteiger partial charge is 0.220 e. The second kappa shape index (κ2) is 7.27. The predicted octanol–water partition coefficient (Wildman–Crippen LogP) is 2.93. The largest absolute Gasteiger partial charge is 0.354 e. The molecule has 1 atom stereocenters. The number of hydrogen-bond acceptors (Lipinski definition) is 3. The zero-order valence-corrected chi connectivity index (χ0v) is 14.2. The first-order valence-corrected chi connectivity index (χ1v) is 8.70. The first kappa shape index (κ1) is 16.8. The minimum absolute atomic E-state index is 0.00219. The number of hydroxylamine groups is 1. The number of nitrogens with one attached hydrogen (secondary N) is 3. The summed E-state index contributed by atoms with van der Waals surface area (Å²) in [6.45, 7) is 1.11. The van der Waals surface area contributed by atoms with E-state index in [1.807, 2.05) is 24.3 Å². The molecular weight excluding hydrogens is 333 g/mol. The van der Waals surface area contributed by atoms with Gasteiger partial charge in [0.05, 0.1) is 12.6 Å². The van der Waals surface area contributed by atoms with Crippen LogP contribution in [0.1, 0.15) is 12.0 Å². The molecule has 2 aromatic carbocycles. The number of benzene rings is 2. The number of para-hydroxylation sites is 1. The van der Waals surface area contributed by atoms with Crippen molar-refractivity contribution >= 4 is 16.8 Å². The predicted molar refractivity (Wildman–Crippen MR) is 97.9 cm³/mol. The Kier molecular flexibility index (Phi) is 4.69. The van der Waals surface area contributed by atoms with Crippen LogP contribution in [0.2, 0.25) is 0 Å². The van der Waals surface area contributed by atoms with E-state index in [0.29, 0.717) is 26.0 Å². The lowest BCUT2D eigenvalue weighted by Gasteiger charge is -2.10. The van der Waals surface area contributed by atoms with Crippen LogP contribution >= 0.6 is 0 Å². The molecule has 1 aliphatic heterocycles. The fourth-order valence-corrected chi connectivity index (χ4v) is 3.33. The van der Waals surface area contributed by atoms with Gasteiger partial charge in [-0.25, -0.2) is 9.87 Å². The molecule has 26 heavy (non-hydrogen) atoms. The van der Waals surface area contributed by atoms with Crippen LogP contribution in [0.4, 0.5) is 4.39 Å². The third-order valence-corrected chi connectivity index (χ3v) is 4.63. The number of halogens is 1. The van der Waals surface area contributed by atoms with Crippen molar-refractivity contribution in [3.8, 4) is 11.3 Å². The molecule has 1 saturated heterocycles. The van der Waals surface area contributed by atoms with Crippen LogP contribution in [0, 0.1) is 5.82 Å². The topological polar surface area (TPSA) is 66.2 Å². The van der Waals surface area contributed by atoms with Crippen molar-refractivity contribution in [2.24, 2.45) is 0 Å². The Bertz CT molecular complexity index is 914. The summed E-state index contributed by atoms with van der Waals surface area (Å²) >= 11 is 0. The molecule has 1 aromatic heterocycles. The Hall–Kier alpha value is -2.70. The van der Waals surface area contributed by atoms with Crippen molar-refractivity contribution in [1.29, 1.82) is 0 Å². The van der Waals surface area contributed by atoms with Crippen LogP contribution in [-0.4, -0.2) is 30.1 Å². The lowest BCUT2D eigenvalue weighted by atomic mass is 10.0. The SMILES string of the molecule is O=C(CCc1c(-c2ccc(F)cc2)[nH]c2ccccc12)N[C@H]1CNOC1. The van der Waals surface area contributed by atoms with Gasteiger partial charge in [0.25, 0.3) is 0 Å². The third kappa shape index (κ3) is 3.47. The Morgan fingerprint density at radius 2 is 2.00 bits per heavy atom. The van der Waals surface area contributed by atoms with E-state index in [9.17, 15) is 9.18 Å². The summed E-state index contributed by atoms with van der Waals surface area (Å²) in [4.78, 5) is 20.7. The maximum absolute atomic E-state index is 13.3. The molecule has 0 radical (unpaired) electrons. The summed E-state index contributed by atoms with van der Waals surface area (Å²) in [5.74, 6) is -0.268. The Labute approximate surface area is 150 Å². The Morgan fingerprint density at radius 3 is 2.77 bits per heavy atom. The van der Waals surface area contributed by atoms with Gasteiger partial charge in [-0.2, -0.15) is 0 Å². The molecule has 0 saturated carbocycles. The standard InChI is InChI=1S/C20H20FN3O2/c21-14-7-5-13(6-8-14)20-17(16-3-1-2-4-18(16)24-20)9-10-19(25)23-15-11-22-26-12-15/h1-8,15,22,24H,9-12H2,(H,23,25)/t15-/m0/s1. The Balaban J connectivity index is 1.59. The van der Waals surface area contributed by atoms with E-state index in [4.69, 9.17) is 4.84 Å². The number of aryl methyl sites for hydroxylation is 1. The van der Waals surface area contributed by atoms with Crippen LogP contribution in [0.5, 0.6) is 0 Å². The summed E-state index contributed by atoms with van der Waals surface area (Å²) in [6, 6.07) is 14.4. The minimum atomic E-state index is -0.266. The van der Waals surface area contributed by atoms with E-state index in [1.165, 1.54) is 12.1 Å². The van der Waals surface area contributed by atoms with Crippen LogP contribution in [-0.2, 0) is 16.1 Å². The number of aromatic nitrogens is 1. The number of H-pyrrole nitrogens is 1. The molecular formula is C20H20FN3O2. The number of amides is 1. The summed E-state index contributed by atoms with van der Waals surface area (Å²) in [5.41, 5.74) is 6.68. The van der Waals surface area contributed by atoms with E-state index in [1.54, 1.807) is 12.1 Å². The normalized spacial score (nSPS) is 16.9. The maximum Gasteiger partial charge on any atom is 0.220 e. The zero-order valence-electron chi connectivity index (χ0n) is 14.2. The van der Waals surface area contributed by atoms with Gasteiger partial charge in [0, 0.05) is 29.6 Å². The van der Waals surface area contributed by atoms with Crippen molar-refractivity contribution in [1.82, 2.24) is 15.8 Å². The van der Waals surface area contributed by atoms with Crippen LogP contribution < -0.4 is 10.8 Å². The molecule has 1 amide bonds. The van der Waals surface area contributed by atoms with E-state index in [-0.39, 0.29) is 17.8 Å². The monoisotopic (exact) mass is 353 g/mol. The fraction of sp³-hybridized carbons (Fsp3) is 0.250. The molecule has 0 spiro atoms. The van der Waals surface area contributed by atoms with Gasteiger partial charge in [-0.05, 0) is 47.9 Å². The third-order valence-electron chi connectivity index (χ3n) is 4.63. The minimum Gasteiger partial charge on any atom is -0.354 e. The zero-order chi connectivity index (χ0) is 17.9. The quantitative estimate of drug-likeness (QED) is 0.661. The number of carbonyl (C=O) groups is 1. The van der Waals surface area contributed by atoms with Crippen molar-refractivity contribution in [3.63, 3.8) is 0 Å². The van der Waals surface area contributed by atoms with Crippen LogP contribution in [0.15, 0.2) is 48.5 Å². The van der Waals surface area contributed by atoms with E-state index in [2.05, 4.69) is 15.8 Å². The van der Waals surface area contributed by atoms with Gasteiger partial charge in [-0.3, -0.25) is 9.63 Å². The van der Waals surface area contributed by atoms with Crippen molar-refractivity contribution in [2.75, 3.05) is 13.2 Å². The van der Waals surface area contributed by atoms with Gasteiger partial charge in [-0.1, -0.05) is 18.2 Å². The highest BCUT2D eigenvalue weighted by atomic mass is 19.1.